The number of nitrogens with zero attached hydrogens (tertiary/aromatic N) is 3. The molecule has 4 nitrogen and oxygen atoms in total. The van der Waals surface area contributed by atoms with Gasteiger partial charge in [0, 0.05) is 5.56 Å². The minimum absolute atomic E-state index is 0. The van der Waals surface area contributed by atoms with Crippen LogP contribution in [-0.2, 0) is 21.7 Å². The number of hydrogen-bond donors (Lipinski definition) is 1. The van der Waals surface area contributed by atoms with Crippen LogP contribution in [0, 0.1) is 41.5 Å². The fourth-order valence-electron chi connectivity index (χ4n) is 4.84. The van der Waals surface area contributed by atoms with E-state index in [0.717, 1.165) is 22.6 Å². The van der Waals surface area contributed by atoms with E-state index < -0.39 is 0 Å². The van der Waals surface area contributed by atoms with Crippen molar-refractivity contribution >= 4 is 22.8 Å². The van der Waals surface area contributed by atoms with Crippen molar-refractivity contribution in [3.63, 3.8) is 0 Å². The average Bonchev–Trinajstić information content (AvgIpc) is 2.85. The SMILES string of the molecule is C=C(O)c1ccccc1.Cc1cc(C)cc([N-]C(C)(C)C)c1.Cc1cc(C)cc([N-]C(C)(C)C)c1.Cc1cc(C)cc([N-]C(C)(C)C)c1.[Ti+3]. The number of rotatable bonds is 4. The van der Waals surface area contributed by atoms with Crippen LogP contribution in [-0.4, -0.2) is 21.7 Å². The quantitative estimate of drug-likeness (QED) is 0.168. The topological polar surface area (TPSA) is 62.5 Å². The summed E-state index contributed by atoms with van der Waals surface area (Å²) in [5.74, 6) is 0.121. The van der Waals surface area contributed by atoms with E-state index >= 15 is 0 Å². The normalized spacial score (nSPS) is 10.8. The minimum atomic E-state index is 0. The summed E-state index contributed by atoms with van der Waals surface area (Å²) in [6.45, 7) is 35.1. The van der Waals surface area contributed by atoms with Gasteiger partial charge in [-0.1, -0.05) is 187 Å². The monoisotopic (exact) mass is 696 g/mol. The number of aliphatic hydroxyl groups is 1. The summed E-state index contributed by atoms with van der Waals surface area (Å²) >= 11 is 0. The second kappa shape index (κ2) is 20.3. The van der Waals surface area contributed by atoms with Gasteiger partial charge in [0.1, 0.15) is 5.76 Å². The van der Waals surface area contributed by atoms with Gasteiger partial charge in [-0.15, -0.1) is 33.7 Å². The van der Waals surface area contributed by atoms with Crippen LogP contribution in [0.4, 0.5) is 17.1 Å². The molecule has 0 unspecified atom stereocenters. The zero-order valence-corrected chi connectivity index (χ0v) is 34.6. The maximum absolute atomic E-state index is 8.83. The Hall–Kier alpha value is -3.47. The molecule has 1 N–H and O–H groups in total. The van der Waals surface area contributed by atoms with Crippen molar-refractivity contribution in [3.8, 4) is 0 Å². The summed E-state index contributed by atoms with van der Waals surface area (Å²) in [5, 5.41) is 22.7. The molecular formula is C44H62N3OTi. The standard InChI is InChI=1S/3C12H18N.C8H8O.Ti/c3*1-9-6-10(2)8-11(7-9)13-12(3,4)5;1-7(9)8-5-3-2-4-6-8;/h3*6-8H,1-5H3;2-6,9H,1H2;/q3*-1;;+3. The summed E-state index contributed by atoms with van der Waals surface area (Å²) in [7, 11) is 0. The molecule has 4 aromatic carbocycles. The van der Waals surface area contributed by atoms with Crippen molar-refractivity contribution < 1.29 is 26.8 Å². The third-order valence-electron chi connectivity index (χ3n) is 6.12. The molecule has 0 aromatic heterocycles. The fourth-order valence-corrected chi connectivity index (χ4v) is 4.84. The Morgan fingerprint density at radius 1 is 0.449 bits per heavy atom. The molecule has 0 spiro atoms. The Kier molecular flexibility index (Phi) is 18.8. The first kappa shape index (κ1) is 45.5. The van der Waals surface area contributed by atoms with Gasteiger partial charge in [0.15, 0.2) is 0 Å². The van der Waals surface area contributed by atoms with Gasteiger partial charge in [0.25, 0.3) is 0 Å². The number of aliphatic hydroxyl groups excluding tert-OH is 1. The van der Waals surface area contributed by atoms with Crippen molar-refractivity contribution in [3.05, 3.63) is 146 Å². The number of hydrogen-bond acceptors (Lipinski definition) is 1. The first-order valence-corrected chi connectivity index (χ1v) is 16.8. The van der Waals surface area contributed by atoms with Crippen LogP contribution < -0.4 is 0 Å². The second-order valence-corrected chi connectivity index (χ2v) is 15.7. The molecule has 5 heteroatoms. The Morgan fingerprint density at radius 2 is 0.673 bits per heavy atom. The van der Waals surface area contributed by atoms with E-state index in [0.29, 0.717) is 0 Å². The Balaban J connectivity index is 0.000000628. The second-order valence-electron chi connectivity index (χ2n) is 15.7. The predicted molar refractivity (Wildman–Crippen MR) is 214 cm³/mol. The molecule has 49 heavy (non-hydrogen) atoms. The molecule has 0 amide bonds. The van der Waals surface area contributed by atoms with Crippen molar-refractivity contribution in [1.82, 2.24) is 0 Å². The molecule has 0 aliphatic rings. The molecule has 0 saturated carbocycles. The van der Waals surface area contributed by atoms with Crippen LogP contribution in [0.15, 0.2) is 91.5 Å². The molecule has 0 fully saturated rings. The Bertz CT molecular complexity index is 1360. The predicted octanol–water partition coefficient (Wildman–Crippen LogP) is 14.5. The largest absolute Gasteiger partial charge is 3.00 e. The van der Waals surface area contributed by atoms with Gasteiger partial charge in [-0.05, 0) is 41.5 Å². The Morgan fingerprint density at radius 3 is 0.837 bits per heavy atom. The summed E-state index contributed by atoms with van der Waals surface area (Å²) in [6, 6.07) is 28.5. The van der Waals surface area contributed by atoms with E-state index in [2.05, 4.69) is 181 Å². The first-order valence-electron chi connectivity index (χ1n) is 16.8. The molecule has 4 aromatic rings. The zero-order chi connectivity index (χ0) is 36.9. The van der Waals surface area contributed by atoms with Crippen LogP contribution in [0.5, 0.6) is 0 Å². The smallest absolute Gasteiger partial charge is 0.680 e. The van der Waals surface area contributed by atoms with Gasteiger partial charge in [-0.3, -0.25) is 0 Å². The summed E-state index contributed by atoms with van der Waals surface area (Å²) in [4.78, 5) is 0. The maximum atomic E-state index is 8.83. The Labute approximate surface area is 315 Å². The maximum Gasteiger partial charge on any atom is 3.00 e. The number of aryl methyl sites for hydroxylation is 6. The van der Waals surface area contributed by atoms with Crippen molar-refractivity contribution in [1.29, 1.82) is 0 Å². The molecule has 1 radical (unpaired) electrons. The van der Waals surface area contributed by atoms with Crippen LogP contribution >= 0.6 is 0 Å². The van der Waals surface area contributed by atoms with Crippen LogP contribution in [0.2, 0.25) is 0 Å². The first-order chi connectivity index (χ1) is 21.9. The van der Waals surface area contributed by atoms with Crippen molar-refractivity contribution in [2.45, 2.75) is 120 Å². The molecule has 0 atom stereocenters. The summed E-state index contributed by atoms with van der Waals surface area (Å²) < 4.78 is 0. The summed E-state index contributed by atoms with van der Waals surface area (Å²) in [6.07, 6.45) is 0. The van der Waals surface area contributed by atoms with Gasteiger partial charge < -0.3 is 21.1 Å². The third-order valence-corrected chi connectivity index (χ3v) is 6.12. The summed E-state index contributed by atoms with van der Waals surface area (Å²) in [5.41, 5.74) is 11.8. The minimum Gasteiger partial charge on any atom is -0.680 e. The van der Waals surface area contributed by atoms with Gasteiger partial charge in [-0.2, -0.15) is 0 Å². The van der Waals surface area contributed by atoms with E-state index in [9.17, 15) is 0 Å². The van der Waals surface area contributed by atoms with Gasteiger partial charge in [0.05, 0.1) is 0 Å². The molecule has 0 saturated heterocycles. The third kappa shape index (κ3) is 22.7. The van der Waals surface area contributed by atoms with Crippen LogP contribution in [0.1, 0.15) is 101 Å². The van der Waals surface area contributed by atoms with Crippen LogP contribution in [0.3, 0.4) is 0 Å². The van der Waals surface area contributed by atoms with E-state index in [4.69, 9.17) is 5.11 Å². The molecule has 4 rings (SSSR count). The van der Waals surface area contributed by atoms with E-state index in [1.54, 1.807) is 0 Å². The van der Waals surface area contributed by atoms with Gasteiger partial charge in [0.2, 0.25) is 0 Å². The molecule has 263 valence electrons. The van der Waals surface area contributed by atoms with Gasteiger partial charge in [-0.25, -0.2) is 0 Å². The zero-order valence-electron chi connectivity index (χ0n) is 33.1. The van der Waals surface area contributed by atoms with Gasteiger partial charge >= 0.3 is 21.7 Å². The molecule has 0 bridgehead atoms. The van der Waals surface area contributed by atoms with Crippen molar-refractivity contribution in [2.75, 3.05) is 0 Å². The fraction of sp³-hybridized carbons (Fsp3) is 0.409. The van der Waals surface area contributed by atoms with E-state index in [1.165, 1.54) is 33.4 Å². The molecule has 0 heterocycles. The van der Waals surface area contributed by atoms with E-state index in [-0.39, 0.29) is 44.1 Å². The molecule has 0 aliphatic carbocycles. The average molecular weight is 697 g/mol. The number of benzene rings is 4. The van der Waals surface area contributed by atoms with Crippen molar-refractivity contribution in [2.24, 2.45) is 0 Å². The molecular weight excluding hydrogens is 634 g/mol. The molecule has 0 aliphatic heterocycles. The van der Waals surface area contributed by atoms with E-state index in [1.807, 2.05) is 30.3 Å². The van der Waals surface area contributed by atoms with Crippen LogP contribution in [0.25, 0.3) is 21.7 Å².